The molecule has 0 saturated carbocycles. The maximum atomic E-state index is 11.7. The highest BCUT2D eigenvalue weighted by atomic mass is 32.2. The van der Waals surface area contributed by atoms with E-state index in [-0.39, 0.29) is 9.79 Å². The molecule has 0 atom stereocenters. The Morgan fingerprint density at radius 3 is 1.78 bits per heavy atom. The highest BCUT2D eigenvalue weighted by Gasteiger charge is 2.16. The molecule has 0 N–H and O–H groups in total. The fourth-order valence-corrected chi connectivity index (χ4v) is 3.98. The lowest BCUT2D eigenvalue weighted by atomic mass is 10.1. The zero-order valence-electron chi connectivity index (χ0n) is 15.1. The van der Waals surface area contributed by atoms with Gasteiger partial charge in [-0.2, -0.15) is 16.8 Å². The highest BCUT2D eigenvalue weighted by molar-refractivity contribution is 7.87. The van der Waals surface area contributed by atoms with Crippen LogP contribution in [0.4, 0.5) is 0 Å². The highest BCUT2D eigenvalue weighted by Crippen LogP contribution is 2.26. The number of hydrogen-bond donors (Lipinski definition) is 0. The molecule has 0 amide bonds. The van der Waals surface area contributed by atoms with Crippen molar-refractivity contribution in [3.05, 3.63) is 72.3 Å². The Hall–Kier alpha value is -2.26. The van der Waals surface area contributed by atoms with Crippen LogP contribution in [0.5, 0.6) is 0 Å². The summed E-state index contributed by atoms with van der Waals surface area (Å²) < 4.78 is 54.2. The Labute approximate surface area is 159 Å². The zero-order valence-corrected chi connectivity index (χ0v) is 16.7. The lowest BCUT2D eigenvalue weighted by Gasteiger charge is -2.07. The third-order valence-corrected chi connectivity index (χ3v) is 6.46. The van der Waals surface area contributed by atoms with Gasteiger partial charge in [-0.3, -0.25) is 8.37 Å². The summed E-state index contributed by atoms with van der Waals surface area (Å²) >= 11 is 0. The van der Waals surface area contributed by atoms with Crippen LogP contribution in [0, 0.1) is 6.92 Å². The summed E-state index contributed by atoms with van der Waals surface area (Å²) in [5.74, 6) is 0. The predicted octanol–water partition coefficient (Wildman–Crippen LogP) is 3.51. The van der Waals surface area contributed by atoms with Gasteiger partial charge in [0.2, 0.25) is 0 Å². The number of hydrogen-bond acceptors (Lipinski definition) is 6. The molecule has 144 valence electrons. The van der Waals surface area contributed by atoms with Crippen LogP contribution in [-0.4, -0.2) is 31.1 Å². The van der Waals surface area contributed by atoms with E-state index in [1.54, 1.807) is 36.4 Å². The van der Waals surface area contributed by atoms with E-state index >= 15 is 0 Å². The molecule has 0 heterocycles. The summed E-state index contributed by atoms with van der Waals surface area (Å²) in [7, 11) is -4.83. The second-order valence-electron chi connectivity index (χ2n) is 5.48. The van der Waals surface area contributed by atoms with Crippen LogP contribution in [0.1, 0.15) is 5.56 Å². The Balaban J connectivity index is 0.000000208. The minimum Gasteiger partial charge on any atom is -0.270 e. The van der Waals surface area contributed by atoms with Crippen LogP contribution >= 0.6 is 0 Å². The van der Waals surface area contributed by atoms with Gasteiger partial charge in [-0.25, -0.2) is 0 Å². The molecule has 3 aromatic carbocycles. The summed E-state index contributed by atoms with van der Waals surface area (Å²) in [4.78, 5) is 0.402. The van der Waals surface area contributed by atoms with Crippen molar-refractivity contribution in [2.24, 2.45) is 0 Å². The fraction of sp³-hybridized carbons (Fsp3) is 0.158. The largest absolute Gasteiger partial charge is 0.297 e. The molecule has 0 aliphatic heterocycles. The molecular weight excluding hydrogens is 388 g/mol. The topological polar surface area (TPSA) is 86.7 Å². The van der Waals surface area contributed by atoms with Crippen LogP contribution in [-0.2, 0) is 28.6 Å². The lowest BCUT2D eigenvalue weighted by Crippen LogP contribution is -2.03. The molecule has 3 aromatic rings. The van der Waals surface area contributed by atoms with Crippen molar-refractivity contribution >= 4 is 31.0 Å². The SMILES string of the molecule is COS(=O)(=O)c1cccc2c(C)cccc12.COS(=O)(=O)c1ccccc1. The lowest BCUT2D eigenvalue weighted by molar-refractivity contribution is 0.397. The normalized spacial score (nSPS) is 11.7. The molecule has 6 nitrogen and oxygen atoms in total. The first kappa shape index (κ1) is 21.0. The van der Waals surface area contributed by atoms with Gasteiger partial charge in [-0.15, -0.1) is 0 Å². The Morgan fingerprint density at radius 1 is 0.630 bits per heavy atom. The maximum Gasteiger partial charge on any atom is 0.297 e. The van der Waals surface area contributed by atoms with E-state index in [0.29, 0.717) is 5.39 Å². The molecule has 0 aliphatic carbocycles. The minimum absolute atomic E-state index is 0.183. The van der Waals surface area contributed by atoms with Crippen LogP contribution in [0.15, 0.2) is 76.5 Å². The minimum atomic E-state index is -3.64. The van der Waals surface area contributed by atoms with Crippen molar-refractivity contribution in [3.63, 3.8) is 0 Å². The fourth-order valence-electron chi connectivity index (χ4n) is 2.43. The molecule has 27 heavy (non-hydrogen) atoms. The van der Waals surface area contributed by atoms with Gasteiger partial charge in [0.05, 0.1) is 19.1 Å². The van der Waals surface area contributed by atoms with E-state index < -0.39 is 20.2 Å². The standard InChI is InChI=1S/C12H12O3S.C7H8O3S/c1-9-5-3-7-11-10(9)6-4-8-12(11)16(13,14)15-2;1-10-11(8,9)7-5-3-2-4-6-7/h3-8H,1-2H3;2-6H,1H3. The maximum absolute atomic E-state index is 11.7. The monoisotopic (exact) mass is 408 g/mol. The number of benzene rings is 3. The summed E-state index contributed by atoms with van der Waals surface area (Å²) in [6.45, 7) is 1.95. The van der Waals surface area contributed by atoms with Gasteiger partial charge < -0.3 is 0 Å². The second-order valence-corrected chi connectivity index (χ2v) is 8.88. The molecule has 0 unspecified atom stereocenters. The smallest absolute Gasteiger partial charge is 0.270 e. The molecule has 0 spiro atoms. The average Bonchev–Trinajstić information content (AvgIpc) is 2.69. The van der Waals surface area contributed by atoms with Crippen molar-refractivity contribution in [2.45, 2.75) is 16.7 Å². The molecule has 0 aliphatic rings. The van der Waals surface area contributed by atoms with E-state index in [9.17, 15) is 16.8 Å². The Bertz CT molecular complexity index is 1120. The van der Waals surface area contributed by atoms with Gasteiger partial charge in [0.15, 0.2) is 0 Å². The van der Waals surface area contributed by atoms with E-state index in [1.165, 1.54) is 19.2 Å². The molecule has 8 heteroatoms. The first-order valence-corrected chi connectivity index (χ1v) is 10.7. The van der Waals surface area contributed by atoms with Gasteiger partial charge in [0.25, 0.3) is 20.2 Å². The Morgan fingerprint density at radius 2 is 1.19 bits per heavy atom. The third kappa shape index (κ3) is 4.92. The van der Waals surface area contributed by atoms with Crippen LogP contribution < -0.4 is 0 Å². The van der Waals surface area contributed by atoms with Gasteiger partial charge in [-0.1, -0.05) is 48.5 Å². The average molecular weight is 408 g/mol. The summed E-state index contributed by atoms with van der Waals surface area (Å²) in [6.07, 6.45) is 0. The van der Waals surface area contributed by atoms with E-state index in [0.717, 1.165) is 18.1 Å². The zero-order chi connectivity index (χ0) is 20.1. The van der Waals surface area contributed by atoms with Crippen LogP contribution in [0.2, 0.25) is 0 Å². The van der Waals surface area contributed by atoms with Crippen LogP contribution in [0.3, 0.4) is 0 Å². The summed E-state index contributed by atoms with van der Waals surface area (Å²) in [5, 5.41) is 1.63. The molecule has 0 saturated heterocycles. The number of rotatable bonds is 4. The molecule has 3 rings (SSSR count). The summed E-state index contributed by atoms with van der Waals surface area (Å²) in [5.41, 5.74) is 1.05. The van der Waals surface area contributed by atoms with E-state index in [2.05, 4.69) is 8.37 Å². The molecule has 0 bridgehead atoms. The van der Waals surface area contributed by atoms with E-state index in [1.807, 2.05) is 25.1 Å². The summed E-state index contributed by atoms with van der Waals surface area (Å²) in [6, 6.07) is 18.8. The van der Waals surface area contributed by atoms with Crippen molar-refractivity contribution in [1.29, 1.82) is 0 Å². The van der Waals surface area contributed by atoms with E-state index in [4.69, 9.17) is 0 Å². The number of aryl methyl sites for hydroxylation is 1. The van der Waals surface area contributed by atoms with Gasteiger partial charge in [0, 0.05) is 5.39 Å². The van der Waals surface area contributed by atoms with Crippen LogP contribution in [0.25, 0.3) is 10.8 Å². The van der Waals surface area contributed by atoms with Gasteiger partial charge in [0.1, 0.15) is 4.90 Å². The van der Waals surface area contributed by atoms with Gasteiger partial charge in [-0.05, 0) is 36.1 Å². The van der Waals surface area contributed by atoms with Crippen molar-refractivity contribution < 1.29 is 25.2 Å². The van der Waals surface area contributed by atoms with Crippen molar-refractivity contribution in [2.75, 3.05) is 14.2 Å². The quantitative estimate of drug-likeness (QED) is 0.614. The molecule has 0 radical (unpaired) electrons. The molecule has 0 fully saturated rings. The van der Waals surface area contributed by atoms with Crippen molar-refractivity contribution in [1.82, 2.24) is 0 Å². The second kappa shape index (κ2) is 8.62. The molecule has 0 aromatic heterocycles. The van der Waals surface area contributed by atoms with Crippen molar-refractivity contribution in [3.8, 4) is 0 Å². The number of fused-ring (bicyclic) bond motifs is 1. The third-order valence-electron chi connectivity index (χ3n) is 3.84. The molecular formula is C19H20O6S2. The first-order chi connectivity index (χ1) is 12.7. The first-order valence-electron chi connectivity index (χ1n) is 7.87. The predicted molar refractivity (Wildman–Crippen MR) is 104 cm³/mol. The van der Waals surface area contributed by atoms with Gasteiger partial charge >= 0.3 is 0 Å². The Kier molecular flexibility index (Phi) is 6.72.